The zero-order chi connectivity index (χ0) is 12.5. The number of terminal acetylenes is 1. The maximum atomic E-state index is 5.24. The van der Waals surface area contributed by atoms with Crippen LogP contribution in [-0.2, 0) is 14.2 Å². The molecule has 0 heterocycles. The van der Waals surface area contributed by atoms with Gasteiger partial charge in [0.25, 0.3) is 0 Å². The van der Waals surface area contributed by atoms with Crippen molar-refractivity contribution in [2.45, 2.75) is 13.8 Å². The molecule has 0 bridgehead atoms. The molecule has 0 amide bonds. The Bertz CT molecular complexity index is 146. The molecule has 0 aromatic carbocycles. The Morgan fingerprint density at radius 2 is 1.44 bits per heavy atom. The van der Waals surface area contributed by atoms with E-state index < -0.39 is 0 Å². The second-order valence-corrected chi connectivity index (χ2v) is 2.59. The number of nitrogens with one attached hydrogen (secondary N) is 1. The summed E-state index contributed by atoms with van der Waals surface area (Å²) in [6, 6.07) is 0. The van der Waals surface area contributed by atoms with Crippen LogP contribution in [0.3, 0.4) is 0 Å². The first kappa shape index (κ1) is 17.8. The van der Waals surface area contributed by atoms with Gasteiger partial charge in [-0.1, -0.05) is 19.8 Å². The molecule has 0 aromatic heterocycles. The van der Waals surface area contributed by atoms with Gasteiger partial charge in [-0.3, -0.25) is 0 Å². The minimum absolute atomic E-state index is 0.349. The van der Waals surface area contributed by atoms with Crippen LogP contribution in [0, 0.1) is 12.3 Å². The summed E-state index contributed by atoms with van der Waals surface area (Å²) in [6.45, 7) is 8.26. The van der Waals surface area contributed by atoms with Gasteiger partial charge < -0.3 is 19.5 Å². The first-order valence-corrected chi connectivity index (χ1v) is 5.73. The Balaban J connectivity index is 0. The van der Waals surface area contributed by atoms with E-state index in [2.05, 4.69) is 11.2 Å². The molecule has 0 atom stereocenters. The van der Waals surface area contributed by atoms with Crippen molar-refractivity contribution in [1.29, 1.82) is 0 Å². The first-order valence-electron chi connectivity index (χ1n) is 5.73. The van der Waals surface area contributed by atoms with Gasteiger partial charge in [-0.05, 0) is 7.05 Å². The normalized spacial score (nSPS) is 9.12. The molecule has 4 heteroatoms. The van der Waals surface area contributed by atoms with Crippen LogP contribution in [0.2, 0.25) is 0 Å². The number of hydrogen-bond acceptors (Lipinski definition) is 4. The van der Waals surface area contributed by atoms with Gasteiger partial charge in [0.15, 0.2) is 0 Å². The smallest absolute Gasteiger partial charge is 0.107 e. The van der Waals surface area contributed by atoms with E-state index in [1.54, 1.807) is 0 Å². The maximum absolute atomic E-state index is 5.24. The molecule has 0 saturated heterocycles. The SMILES string of the molecule is C#CCOCCOCCOCCNC.CC. The lowest BCUT2D eigenvalue weighted by atomic mass is 10.6. The predicted octanol–water partition coefficient (Wildman–Crippen LogP) is 0.915. The largest absolute Gasteiger partial charge is 0.378 e. The van der Waals surface area contributed by atoms with Crippen LogP contribution >= 0.6 is 0 Å². The highest BCUT2D eigenvalue weighted by molar-refractivity contribution is 4.82. The topological polar surface area (TPSA) is 39.7 Å². The van der Waals surface area contributed by atoms with Gasteiger partial charge in [-0.2, -0.15) is 0 Å². The summed E-state index contributed by atoms with van der Waals surface area (Å²) in [5, 5.41) is 2.99. The Hall–Kier alpha value is -0.600. The minimum atomic E-state index is 0.349. The van der Waals surface area contributed by atoms with Crippen molar-refractivity contribution in [3.63, 3.8) is 0 Å². The Morgan fingerprint density at radius 3 is 1.94 bits per heavy atom. The number of likely N-dealkylation sites (N-methyl/N-ethyl adjacent to an activating group) is 1. The van der Waals surface area contributed by atoms with E-state index in [4.69, 9.17) is 20.6 Å². The molecule has 0 spiro atoms. The van der Waals surface area contributed by atoms with Crippen LogP contribution in [-0.4, -0.2) is 53.2 Å². The van der Waals surface area contributed by atoms with Crippen molar-refractivity contribution < 1.29 is 14.2 Å². The monoisotopic (exact) mass is 231 g/mol. The maximum Gasteiger partial charge on any atom is 0.107 e. The van der Waals surface area contributed by atoms with Gasteiger partial charge in [0.1, 0.15) is 6.61 Å². The average molecular weight is 231 g/mol. The summed E-state index contributed by atoms with van der Waals surface area (Å²) in [6.07, 6.45) is 5.00. The summed E-state index contributed by atoms with van der Waals surface area (Å²) >= 11 is 0. The van der Waals surface area contributed by atoms with Crippen molar-refractivity contribution in [3.8, 4) is 12.3 Å². The lowest BCUT2D eigenvalue weighted by molar-refractivity contribution is 0.0212. The van der Waals surface area contributed by atoms with Gasteiger partial charge in [0.2, 0.25) is 0 Å². The third-order valence-electron chi connectivity index (χ3n) is 1.43. The summed E-state index contributed by atoms with van der Waals surface area (Å²) in [7, 11) is 1.89. The molecule has 0 unspecified atom stereocenters. The second-order valence-electron chi connectivity index (χ2n) is 2.59. The highest BCUT2D eigenvalue weighted by atomic mass is 16.5. The molecule has 0 saturated carbocycles. The summed E-state index contributed by atoms with van der Waals surface area (Å²) in [5.74, 6) is 2.38. The van der Waals surface area contributed by atoms with Crippen molar-refractivity contribution in [1.82, 2.24) is 5.32 Å². The second kappa shape index (κ2) is 19.9. The molecule has 0 radical (unpaired) electrons. The molecule has 0 aliphatic heterocycles. The van der Waals surface area contributed by atoms with E-state index in [-0.39, 0.29) is 0 Å². The van der Waals surface area contributed by atoms with Crippen molar-refractivity contribution in [3.05, 3.63) is 0 Å². The van der Waals surface area contributed by atoms with Crippen molar-refractivity contribution in [2.24, 2.45) is 0 Å². The molecule has 0 aliphatic carbocycles. The van der Waals surface area contributed by atoms with Gasteiger partial charge in [-0.25, -0.2) is 0 Å². The van der Waals surface area contributed by atoms with Gasteiger partial charge >= 0.3 is 0 Å². The molecule has 0 fully saturated rings. The lowest BCUT2D eigenvalue weighted by Crippen LogP contribution is -2.16. The molecular weight excluding hydrogens is 206 g/mol. The molecule has 0 rings (SSSR count). The summed E-state index contributed by atoms with van der Waals surface area (Å²) in [4.78, 5) is 0. The fourth-order valence-corrected chi connectivity index (χ4v) is 0.745. The molecule has 16 heavy (non-hydrogen) atoms. The molecule has 96 valence electrons. The van der Waals surface area contributed by atoms with E-state index >= 15 is 0 Å². The minimum Gasteiger partial charge on any atom is -0.378 e. The quantitative estimate of drug-likeness (QED) is 0.448. The zero-order valence-electron chi connectivity index (χ0n) is 10.8. The first-order chi connectivity index (χ1) is 7.91. The van der Waals surface area contributed by atoms with E-state index in [0.29, 0.717) is 39.6 Å². The highest BCUT2D eigenvalue weighted by Gasteiger charge is 1.89. The standard InChI is InChI=1S/C10H19NO3.C2H6/c1-3-5-12-7-9-14-10-8-13-6-4-11-2;1-2/h1,11H,4-10H2,2H3;1-2H3. The van der Waals surface area contributed by atoms with Crippen molar-refractivity contribution in [2.75, 3.05) is 53.2 Å². The summed E-state index contributed by atoms with van der Waals surface area (Å²) in [5.41, 5.74) is 0. The average Bonchev–Trinajstić information content (AvgIpc) is 2.34. The van der Waals surface area contributed by atoms with Crippen LogP contribution in [0.15, 0.2) is 0 Å². The predicted molar refractivity (Wildman–Crippen MR) is 66.6 cm³/mol. The Kier molecular flexibility index (Phi) is 22.1. The fourth-order valence-electron chi connectivity index (χ4n) is 0.745. The fraction of sp³-hybridized carbons (Fsp3) is 0.833. The van der Waals surface area contributed by atoms with Crippen molar-refractivity contribution >= 4 is 0 Å². The lowest BCUT2D eigenvalue weighted by Gasteiger charge is -2.05. The van der Waals surface area contributed by atoms with Crippen LogP contribution in [0.25, 0.3) is 0 Å². The summed E-state index contributed by atoms with van der Waals surface area (Å²) < 4.78 is 15.5. The Morgan fingerprint density at radius 1 is 0.938 bits per heavy atom. The molecular formula is C12H25NO3. The number of rotatable bonds is 10. The Labute approximate surface area is 99.6 Å². The number of ether oxygens (including phenoxy) is 3. The number of hydrogen-bond donors (Lipinski definition) is 1. The molecule has 1 N–H and O–H groups in total. The van der Waals surface area contributed by atoms with Crippen LogP contribution in [0.1, 0.15) is 13.8 Å². The third-order valence-corrected chi connectivity index (χ3v) is 1.43. The van der Waals surface area contributed by atoms with E-state index in [1.165, 1.54) is 0 Å². The van der Waals surface area contributed by atoms with Crippen LogP contribution in [0.4, 0.5) is 0 Å². The molecule has 4 nitrogen and oxygen atoms in total. The van der Waals surface area contributed by atoms with E-state index in [0.717, 1.165) is 6.54 Å². The zero-order valence-corrected chi connectivity index (χ0v) is 10.8. The third kappa shape index (κ3) is 19.0. The van der Waals surface area contributed by atoms with E-state index in [1.807, 2.05) is 20.9 Å². The van der Waals surface area contributed by atoms with Gasteiger partial charge in [0.05, 0.1) is 33.0 Å². The molecule has 0 aliphatic rings. The van der Waals surface area contributed by atoms with Gasteiger partial charge in [0, 0.05) is 6.54 Å². The molecule has 0 aromatic rings. The van der Waals surface area contributed by atoms with Crippen LogP contribution in [0.5, 0.6) is 0 Å². The van der Waals surface area contributed by atoms with E-state index in [9.17, 15) is 0 Å². The highest BCUT2D eigenvalue weighted by Crippen LogP contribution is 1.80. The van der Waals surface area contributed by atoms with Gasteiger partial charge in [-0.15, -0.1) is 6.42 Å². The van der Waals surface area contributed by atoms with Crippen LogP contribution < -0.4 is 5.32 Å².